The first-order chi connectivity index (χ1) is 5.70. The minimum Gasteiger partial charge on any atom is -0.282 e. The Morgan fingerprint density at radius 2 is 2.17 bits per heavy atom. The van der Waals surface area contributed by atoms with Gasteiger partial charge in [-0.25, -0.2) is 0 Å². The smallest absolute Gasteiger partial charge is 0.0694 e. The van der Waals surface area contributed by atoms with Crippen LogP contribution in [-0.2, 0) is 12.3 Å². The Labute approximate surface area is 78.3 Å². The van der Waals surface area contributed by atoms with E-state index in [9.17, 15) is 0 Å². The maximum Gasteiger partial charge on any atom is 0.0694 e. The van der Waals surface area contributed by atoms with E-state index in [0.29, 0.717) is 11.8 Å². The van der Waals surface area contributed by atoms with Crippen molar-refractivity contribution in [3.8, 4) is 0 Å². The third-order valence-electron chi connectivity index (χ3n) is 2.02. The summed E-state index contributed by atoms with van der Waals surface area (Å²) in [6, 6.07) is 0. The zero-order valence-electron chi connectivity index (χ0n) is 7.82. The van der Waals surface area contributed by atoms with Crippen molar-refractivity contribution in [2.75, 3.05) is 0 Å². The summed E-state index contributed by atoms with van der Waals surface area (Å²) in [5.41, 5.74) is 3.48. The molecule has 0 unspecified atom stereocenters. The Balaban J connectivity index is 3.05. The van der Waals surface area contributed by atoms with Gasteiger partial charge in [-0.15, -0.1) is 11.6 Å². The SMILES string of the molecule is CCc1[nH]nc(C(C)C)c1CCl. The Bertz CT molecular complexity index is 253. The van der Waals surface area contributed by atoms with Crippen molar-refractivity contribution < 1.29 is 0 Å². The van der Waals surface area contributed by atoms with Crippen molar-refractivity contribution in [1.29, 1.82) is 0 Å². The Morgan fingerprint density at radius 1 is 1.50 bits per heavy atom. The number of nitrogens with zero attached hydrogens (tertiary/aromatic N) is 1. The van der Waals surface area contributed by atoms with Gasteiger partial charge < -0.3 is 0 Å². The molecule has 0 fully saturated rings. The number of aryl methyl sites for hydroxylation is 1. The van der Waals surface area contributed by atoms with Crippen LogP contribution in [0.2, 0.25) is 0 Å². The standard InChI is InChI=1S/C9H15ClN2/c1-4-8-7(5-10)9(6(2)3)12-11-8/h6H,4-5H2,1-3H3,(H,11,12). The first-order valence-electron chi connectivity index (χ1n) is 4.32. The fourth-order valence-electron chi connectivity index (χ4n) is 1.34. The van der Waals surface area contributed by atoms with Crippen molar-refractivity contribution in [1.82, 2.24) is 10.2 Å². The molecule has 68 valence electrons. The zero-order chi connectivity index (χ0) is 9.14. The maximum atomic E-state index is 5.84. The van der Waals surface area contributed by atoms with Crippen LogP contribution in [-0.4, -0.2) is 10.2 Å². The van der Waals surface area contributed by atoms with Crippen LogP contribution >= 0.6 is 11.6 Å². The zero-order valence-corrected chi connectivity index (χ0v) is 8.57. The second-order valence-corrected chi connectivity index (χ2v) is 3.48. The first-order valence-corrected chi connectivity index (χ1v) is 4.86. The number of rotatable bonds is 3. The molecule has 0 spiro atoms. The Kier molecular flexibility index (Phi) is 3.15. The van der Waals surface area contributed by atoms with Gasteiger partial charge in [-0.1, -0.05) is 20.8 Å². The second kappa shape index (κ2) is 3.94. The number of hydrogen-bond acceptors (Lipinski definition) is 1. The molecule has 12 heavy (non-hydrogen) atoms. The number of halogens is 1. The van der Waals surface area contributed by atoms with Crippen LogP contribution in [0.1, 0.15) is 43.6 Å². The van der Waals surface area contributed by atoms with Crippen LogP contribution in [0.4, 0.5) is 0 Å². The Morgan fingerprint density at radius 3 is 2.58 bits per heavy atom. The molecule has 0 bridgehead atoms. The number of hydrogen-bond donors (Lipinski definition) is 1. The van der Waals surface area contributed by atoms with Crippen LogP contribution in [0.15, 0.2) is 0 Å². The van der Waals surface area contributed by atoms with Crippen LogP contribution < -0.4 is 0 Å². The normalized spacial score (nSPS) is 11.1. The molecular weight excluding hydrogens is 172 g/mol. The largest absolute Gasteiger partial charge is 0.282 e. The van der Waals surface area contributed by atoms with Gasteiger partial charge in [0.2, 0.25) is 0 Å². The van der Waals surface area contributed by atoms with Crippen molar-refractivity contribution in [2.24, 2.45) is 0 Å². The molecule has 0 amide bonds. The van der Waals surface area contributed by atoms with Crippen LogP contribution in [0.5, 0.6) is 0 Å². The molecule has 0 aliphatic rings. The average Bonchev–Trinajstić information content (AvgIpc) is 2.46. The molecule has 1 heterocycles. The van der Waals surface area contributed by atoms with Crippen LogP contribution in [0.3, 0.4) is 0 Å². The van der Waals surface area contributed by atoms with Gasteiger partial charge in [0.25, 0.3) is 0 Å². The molecule has 0 aliphatic carbocycles. The molecule has 1 aromatic heterocycles. The van der Waals surface area contributed by atoms with Gasteiger partial charge in [0.05, 0.1) is 11.6 Å². The molecule has 0 aliphatic heterocycles. The third kappa shape index (κ3) is 1.63. The summed E-state index contributed by atoms with van der Waals surface area (Å²) < 4.78 is 0. The van der Waals surface area contributed by atoms with E-state index in [0.717, 1.165) is 12.1 Å². The molecule has 1 rings (SSSR count). The highest BCUT2D eigenvalue weighted by Crippen LogP contribution is 2.21. The van der Waals surface area contributed by atoms with E-state index >= 15 is 0 Å². The number of aromatic nitrogens is 2. The molecule has 0 aromatic carbocycles. The van der Waals surface area contributed by atoms with Gasteiger partial charge in [0.15, 0.2) is 0 Å². The van der Waals surface area contributed by atoms with E-state index in [1.807, 2.05) is 0 Å². The lowest BCUT2D eigenvalue weighted by Gasteiger charge is -2.02. The summed E-state index contributed by atoms with van der Waals surface area (Å²) in [4.78, 5) is 0. The van der Waals surface area contributed by atoms with Crippen LogP contribution in [0.25, 0.3) is 0 Å². The van der Waals surface area contributed by atoms with Gasteiger partial charge in [-0.05, 0) is 12.3 Å². The van der Waals surface area contributed by atoms with Gasteiger partial charge in [0.1, 0.15) is 0 Å². The number of nitrogens with one attached hydrogen (secondary N) is 1. The summed E-state index contributed by atoms with van der Waals surface area (Å²) in [6.07, 6.45) is 0.974. The predicted octanol–water partition coefficient (Wildman–Crippen LogP) is 2.83. The molecule has 0 saturated heterocycles. The van der Waals surface area contributed by atoms with E-state index in [1.54, 1.807) is 0 Å². The van der Waals surface area contributed by atoms with E-state index in [-0.39, 0.29) is 0 Å². The van der Waals surface area contributed by atoms with E-state index in [4.69, 9.17) is 11.6 Å². The molecule has 2 nitrogen and oxygen atoms in total. The van der Waals surface area contributed by atoms with Gasteiger partial charge in [-0.3, -0.25) is 5.10 Å². The predicted molar refractivity (Wildman–Crippen MR) is 51.6 cm³/mol. The Hall–Kier alpha value is -0.500. The van der Waals surface area contributed by atoms with E-state index in [1.165, 1.54) is 11.3 Å². The summed E-state index contributed by atoms with van der Waals surface area (Å²) >= 11 is 5.84. The highest BCUT2D eigenvalue weighted by Gasteiger charge is 2.12. The van der Waals surface area contributed by atoms with Gasteiger partial charge in [0, 0.05) is 11.3 Å². The fraction of sp³-hybridized carbons (Fsp3) is 0.667. The molecule has 3 heteroatoms. The summed E-state index contributed by atoms with van der Waals surface area (Å²) in [5, 5.41) is 7.27. The highest BCUT2D eigenvalue weighted by atomic mass is 35.5. The lowest BCUT2D eigenvalue weighted by Crippen LogP contribution is -1.93. The summed E-state index contributed by atoms with van der Waals surface area (Å²) in [5.74, 6) is 1.02. The van der Waals surface area contributed by atoms with Gasteiger partial charge in [-0.2, -0.15) is 5.10 Å². The molecular formula is C9H15ClN2. The molecule has 0 atom stereocenters. The van der Waals surface area contributed by atoms with Gasteiger partial charge >= 0.3 is 0 Å². The maximum absolute atomic E-state index is 5.84. The number of alkyl halides is 1. The first kappa shape index (κ1) is 9.59. The molecule has 1 N–H and O–H groups in total. The lowest BCUT2D eigenvalue weighted by molar-refractivity contribution is 0.802. The third-order valence-corrected chi connectivity index (χ3v) is 2.29. The van der Waals surface area contributed by atoms with Crippen molar-refractivity contribution in [2.45, 2.75) is 39.0 Å². The minimum absolute atomic E-state index is 0.454. The van der Waals surface area contributed by atoms with Crippen molar-refractivity contribution in [3.05, 3.63) is 17.0 Å². The van der Waals surface area contributed by atoms with E-state index < -0.39 is 0 Å². The van der Waals surface area contributed by atoms with Crippen LogP contribution in [0, 0.1) is 0 Å². The van der Waals surface area contributed by atoms with E-state index in [2.05, 4.69) is 31.0 Å². The quantitative estimate of drug-likeness (QED) is 0.723. The summed E-state index contributed by atoms with van der Waals surface area (Å²) in [7, 11) is 0. The fourth-order valence-corrected chi connectivity index (χ4v) is 1.63. The topological polar surface area (TPSA) is 28.7 Å². The van der Waals surface area contributed by atoms with Crippen molar-refractivity contribution >= 4 is 11.6 Å². The molecule has 0 radical (unpaired) electrons. The summed E-state index contributed by atoms with van der Waals surface area (Å²) in [6.45, 7) is 6.37. The molecule has 0 saturated carbocycles. The molecule has 1 aromatic rings. The number of H-pyrrole nitrogens is 1. The second-order valence-electron chi connectivity index (χ2n) is 3.21. The monoisotopic (exact) mass is 186 g/mol. The minimum atomic E-state index is 0.454. The number of aromatic amines is 1. The van der Waals surface area contributed by atoms with Crippen molar-refractivity contribution in [3.63, 3.8) is 0 Å². The lowest BCUT2D eigenvalue weighted by atomic mass is 10.0. The highest BCUT2D eigenvalue weighted by molar-refractivity contribution is 6.17. The average molecular weight is 187 g/mol.